The third-order valence-electron chi connectivity index (χ3n) is 6.44. The largest absolute Gasteiger partial charge is 0.489 e. The van der Waals surface area contributed by atoms with Gasteiger partial charge in [0, 0.05) is 12.8 Å². The summed E-state index contributed by atoms with van der Waals surface area (Å²) in [4.78, 5) is 62.4. The lowest BCUT2D eigenvalue weighted by atomic mass is 10.0. The van der Waals surface area contributed by atoms with E-state index >= 15 is 0 Å². The number of ether oxygens (including phenoxy) is 2. The van der Waals surface area contributed by atoms with Crippen LogP contribution in [0.3, 0.4) is 0 Å². The molecule has 0 bridgehead atoms. The zero-order valence-corrected chi connectivity index (χ0v) is 26.2. The van der Waals surface area contributed by atoms with Crippen molar-refractivity contribution in [3.05, 3.63) is 102 Å². The second kappa shape index (κ2) is 17.2. The van der Waals surface area contributed by atoms with E-state index in [0.29, 0.717) is 12.4 Å². The topological polar surface area (TPSA) is 178 Å². The van der Waals surface area contributed by atoms with E-state index < -0.39 is 60.5 Å². The number of nitrogens with one attached hydrogen (secondary N) is 4. The summed E-state index contributed by atoms with van der Waals surface area (Å²) in [5.74, 6) is -2.00. The first kappa shape index (κ1) is 35.1. The first-order chi connectivity index (χ1) is 21.9. The van der Waals surface area contributed by atoms with Crippen LogP contribution in [0.15, 0.2) is 84.9 Å². The molecular formula is C34H41N5O7. The molecule has 0 saturated carbocycles. The van der Waals surface area contributed by atoms with Crippen molar-refractivity contribution in [2.24, 2.45) is 5.73 Å². The smallest absolute Gasteiger partial charge is 0.408 e. The summed E-state index contributed by atoms with van der Waals surface area (Å²) in [5, 5.41) is 9.96. The summed E-state index contributed by atoms with van der Waals surface area (Å²) in [6.45, 7) is 4.60. The molecule has 12 heteroatoms. The molecule has 0 fully saturated rings. The molecule has 0 spiro atoms. The van der Waals surface area contributed by atoms with Gasteiger partial charge in [0.25, 0.3) is 0 Å². The molecule has 0 aliphatic rings. The Balaban J connectivity index is 1.58. The van der Waals surface area contributed by atoms with Crippen LogP contribution in [-0.4, -0.2) is 60.5 Å². The highest BCUT2D eigenvalue weighted by Crippen LogP contribution is 2.16. The molecule has 0 radical (unpaired) electrons. The van der Waals surface area contributed by atoms with Gasteiger partial charge in [0.05, 0.1) is 6.54 Å². The van der Waals surface area contributed by atoms with Gasteiger partial charge in [0.15, 0.2) is 0 Å². The minimum atomic E-state index is -1.08. The van der Waals surface area contributed by atoms with Crippen molar-refractivity contribution < 1.29 is 33.4 Å². The van der Waals surface area contributed by atoms with E-state index in [1.54, 1.807) is 69.3 Å². The van der Waals surface area contributed by atoms with Gasteiger partial charge in [0.2, 0.25) is 23.6 Å². The molecule has 0 saturated heterocycles. The highest BCUT2D eigenvalue weighted by Gasteiger charge is 2.26. The SMILES string of the molecule is CC(C)(C)OC(=O)NCC(=O)NCC(=O)N[C@@H](Cc1ccccc1)C(=O)N[C@@H](Cc1ccc(OCc2ccccc2)cc1)C(N)=O. The molecule has 12 nitrogen and oxygen atoms in total. The van der Waals surface area contributed by atoms with Gasteiger partial charge in [-0.1, -0.05) is 72.8 Å². The fraction of sp³-hybridized carbons (Fsp3) is 0.324. The standard InChI is InChI=1S/C34H41N5O7/c1-34(2,3)46-33(44)37-20-29(40)36-21-30(41)38-28(19-23-10-6-4-7-11-23)32(43)39-27(31(35)42)18-24-14-16-26(17-15-24)45-22-25-12-8-5-9-13-25/h4-17,27-28H,18-22H2,1-3H3,(H2,35,42)(H,36,40)(H,37,44)(H,38,41)(H,39,43)/t27-,28-/m0/s1. The second-order valence-electron chi connectivity index (χ2n) is 11.5. The van der Waals surface area contributed by atoms with Crippen LogP contribution in [0.25, 0.3) is 0 Å². The Hall–Kier alpha value is -5.39. The van der Waals surface area contributed by atoms with E-state index in [1.165, 1.54) is 0 Å². The number of hydrogen-bond donors (Lipinski definition) is 5. The number of hydrogen-bond acceptors (Lipinski definition) is 7. The van der Waals surface area contributed by atoms with Crippen LogP contribution < -0.4 is 31.7 Å². The lowest BCUT2D eigenvalue weighted by Gasteiger charge is -2.22. The van der Waals surface area contributed by atoms with Crippen LogP contribution in [0.5, 0.6) is 5.75 Å². The first-order valence-electron chi connectivity index (χ1n) is 14.8. The minimum Gasteiger partial charge on any atom is -0.489 e. The van der Waals surface area contributed by atoms with Gasteiger partial charge in [0.1, 0.15) is 36.6 Å². The minimum absolute atomic E-state index is 0.117. The van der Waals surface area contributed by atoms with Crippen LogP contribution in [0, 0.1) is 0 Å². The summed E-state index contributed by atoms with van der Waals surface area (Å²) in [6.07, 6.45) is -0.541. The molecule has 0 aliphatic heterocycles. The van der Waals surface area contributed by atoms with Crippen LogP contribution in [0.2, 0.25) is 0 Å². The molecule has 0 aromatic heterocycles. The Morgan fingerprint density at radius 1 is 0.674 bits per heavy atom. The maximum absolute atomic E-state index is 13.4. The fourth-order valence-corrected chi connectivity index (χ4v) is 4.21. The summed E-state index contributed by atoms with van der Waals surface area (Å²) in [7, 11) is 0. The number of benzene rings is 3. The predicted octanol–water partition coefficient (Wildman–Crippen LogP) is 2.15. The van der Waals surface area contributed by atoms with E-state index in [0.717, 1.165) is 16.7 Å². The van der Waals surface area contributed by atoms with Gasteiger partial charge in [-0.05, 0) is 49.6 Å². The number of carbonyl (C=O) groups excluding carboxylic acids is 5. The summed E-state index contributed by atoms with van der Waals surface area (Å²) < 4.78 is 10.9. The highest BCUT2D eigenvalue weighted by molar-refractivity contribution is 5.93. The molecule has 3 aromatic carbocycles. The van der Waals surface area contributed by atoms with Crippen molar-refractivity contribution in [2.75, 3.05) is 13.1 Å². The molecule has 6 N–H and O–H groups in total. The lowest BCUT2D eigenvalue weighted by molar-refractivity contribution is -0.131. The molecule has 2 atom stereocenters. The van der Waals surface area contributed by atoms with Crippen molar-refractivity contribution in [1.29, 1.82) is 0 Å². The summed E-state index contributed by atoms with van der Waals surface area (Å²) >= 11 is 0. The molecule has 244 valence electrons. The van der Waals surface area contributed by atoms with Crippen LogP contribution in [-0.2, 0) is 43.4 Å². The number of nitrogens with two attached hydrogens (primary N) is 1. The molecule has 0 unspecified atom stereocenters. The van der Waals surface area contributed by atoms with Gasteiger partial charge in [-0.2, -0.15) is 0 Å². The second-order valence-corrected chi connectivity index (χ2v) is 11.5. The van der Waals surface area contributed by atoms with E-state index in [-0.39, 0.29) is 12.8 Å². The maximum atomic E-state index is 13.4. The van der Waals surface area contributed by atoms with Gasteiger partial charge in [-0.25, -0.2) is 4.79 Å². The van der Waals surface area contributed by atoms with E-state index in [4.69, 9.17) is 15.2 Å². The van der Waals surface area contributed by atoms with Gasteiger partial charge < -0.3 is 36.5 Å². The zero-order chi connectivity index (χ0) is 33.5. The zero-order valence-electron chi connectivity index (χ0n) is 26.2. The summed E-state index contributed by atoms with van der Waals surface area (Å²) in [6, 6.07) is 23.7. The maximum Gasteiger partial charge on any atom is 0.408 e. The third kappa shape index (κ3) is 13.1. The van der Waals surface area contributed by atoms with Crippen LogP contribution in [0.1, 0.15) is 37.5 Å². The lowest BCUT2D eigenvalue weighted by Crippen LogP contribution is -2.55. The van der Waals surface area contributed by atoms with E-state index in [1.807, 2.05) is 36.4 Å². The predicted molar refractivity (Wildman–Crippen MR) is 171 cm³/mol. The Morgan fingerprint density at radius 2 is 1.22 bits per heavy atom. The number of rotatable bonds is 15. The van der Waals surface area contributed by atoms with Crippen molar-refractivity contribution >= 4 is 29.7 Å². The van der Waals surface area contributed by atoms with Crippen LogP contribution >= 0.6 is 0 Å². The normalized spacial score (nSPS) is 12.2. The average Bonchev–Trinajstić information content (AvgIpc) is 3.02. The molecule has 5 amide bonds. The number of primary amides is 1. The van der Waals surface area contributed by atoms with Gasteiger partial charge >= 0.3 is 6.09 Å². The third-order valence-corrected chi connectivity index (χ3v) is 6.44. The number of amides is 5. The van der Waals surface area contributed by atoms with Crippen molar-refractivity contribution in [2.45, 2.75) is 57.9 Å². The first-order valence-corrected chi connectivity index (χ1v) is 14.8. The van der Waals surface area contributed by atoms with Gasteiger partial charge in [-0.3, -0.25) is 19.2 Å². The van der Waals surface area contributed by atoms with Gasteiger partial charge in [-0.15, -0.1) is 0 Å². The molecule has 3 rings (SSSR count). The van der Waals surface area contributed by atoms with Crippen molar-refractivity contribution in [1.82, 2.24) is 21.3 Å². The molecular weight excluding hydrogens is 590 g/mol. The Morgan fingerprint density at radius 3 is 1.80 bits per heavy atom. The molecule has 0 aliphatic carbocycles. The number of carbonyl (C=O) groups is 5. The van der Waals surface area contributed by atoms with Crippen molar-refractivity contribution in [3.63, 3.8) is 0 Å². The molecule has 3 aromatic rings. The monoisotopic (exact) mass is 631 g/mol. The fourth-order valence-electron chi connectivity index (χ4n) is 4.21. The Kier molecular flexibility index (Phi) is 13.1. The highest BCUT2D eigenvalue weighted by atomic mass is 16.6. The molecule has 0 heterocycles. The Labute approximate surface area is 268 Å². The quantitative estimate of drug-likeness (QED) is 0.171. The average molecular weight is 632 g/mol. The number of alkyl carbamates (subject to hydrolysis) is 1. The van der Waals surface area contributed by atoms with E-state index in [9.17, 15) is 24.0 Å². The Bertz CT molecular complexity index is 1460. The van der Waals surface area contributed by atoms with E-state index in [2.05, 4.69) is 21.3 Å². The van der Waals surface area contributed by atoms with Crippen molar-refractivity contribution in [3.8, 4) is 5.75 Å². The summed E-state index contributed by atoms with van der Waals surface area (Å²) in [5.41, 5.74) is 7.43. The van der Waals surface area contributed by atoms with Crippen LogP contribution in [0.4, 0.5) is 4.79 Å². The molecule has 46 heavy (non-hydrogen) atoms.